The number of hydrogen-bond acceptors (Lipinski definition) is 3. The van der Waals surface area contributed by atoms with Crippen LogP contribution in [0.4, 0.5) is 0 Å². The van der Waals surface area contributed by atoms with Crippen LogP contribution in [0, 0.1) is 0 Å². The molecule has 0 atom stereocenters. The maximum Gasteiger partial charge on any atom is 0.164 e. The van der Waals surface area contributed by atoms with Gasteiger partial charge in [-0.2, -0.15) is 0 Å². The van der Waals surface area contributed by atoms with Crippen LogP contribution in [0.15, 0.2) is 146 Å². The van der Waals surface area contributed by atoms with Gasteiger partial charge in [0.15, 0.2) is 17.5 Å². The summed E-state index contributed by atoms with van der Waals surface area (Å²) in [5.41, 5.74) is 8.12. The van der Waals surface area contributed by atoms with Crippen molar-refractivity contribution in [1.29, 1.82) is 0 Å². The molecule has 1 aliphatic carbocycles. The fraction of sp³-hybridized carbons (Fsp3) is 0.0930. The van der Waals surface area contributed by atoms with Gasteiger partial charge in [-0.3, -0.25) is 0 Å². The molecule has 3 nitrogen and oxygen atoms in total. The zero-order valence-corrected chi connectivity index (χ0v) is 26.3. The predicted octanol–water partition coefficient (Wildman–Crippen LogP) is 11.1. The molecule has 0 N–H and O–H groups in total. The summed E-state index contributed by atoms with van der Waals surface area (Å²) in [6, 6.07) is 40.7. The van der Waals surface area contributed by atoms with Gasteiger partial charge in [0.05, 0.1) is 0 Å². The topological polar surface area (TPSA) is 38.7 Å². The Bertz CT molecular complexity index is 2410. The van der Waals surface area contributed by atoms with Crippen LogP contribution in [0.2, 0.25) is 0 Å². The van der Waals surface area contributed by atoms with E-state index in [1.165, 1.54) is 49.2 Å². The molecule has 1 aromatic heterocycles. The third-order valence-corrected chi connectivity index (χ3v) is 9.63. The lowest BCUT2D eigenvalue weighted by molar-refractivity contribution is 0.640. The molecular formula is C43H33N3. The van der Waals surface area contributed by atoms with Crippen LogP contribution in [0.1, 0.15) is 31.9 Å². The fourth-order valence-electron chi connectivity index (χ4n) is 6.87. The lowest BCUT2D eigenvalue weighted by Crippen LogP contribution is -2.15. The van der Waals surface area contributed by atoms with E-state index in [1.807, 2.05) is 30.4 Å². The fourth-order valence-corrected chi connectivity index (χ4v) is 6.87. The van der Waals surface area contributed by atoms with E-state index in [0.29, 0.717) is 17.5 Å². The molecule has 46 heavy (non-hydrogen) atoms. The molecule has 0 unspecified atom stereocenters. The molecule has 8 rings (SSSR count). The molecule has 7 aromatic rings. The second kappa shape index (κ2) is 10.7. The molecule has 0 spiro atoms. The summed E-state index contributed by atoms with van der Waals surface area (Å²) in [6.07, 6.45) is 6.05. The summed E-state index contributed by atoms with van der Waals surface area (Å²) in [6.45, 7) is 10.7. The van der Waals surface area contributed by atoms with Gasteiger partial charge in [0.1, 0.15) is 0 Å². The summed E-state index contributed by atoms with van der Waals surface area (Å²) < 4.78 is 0. The van der Waals surface area contributed by atoms with E-state index in [9.17, 15) is 0 Å². The predicted molar refractivity (Wildman–Crippen MR) is 194 cm³/mol. The molecule has 0 bridgehead atoms. The van der Waals surface area contributed by atoms with Gasteiger partial charge >= 0.3 is 0 Å². The van der Waals surface area contributed by atoms with Crippen molar-refractivity contribution >= 4 is 37.9 Å². The lowest BCUT2D eigenvalue weighted by atomic mass is 9.81. The smallest absolute Gasteiger partial charge is 0.164 e. The Morgan fingerprint density at radius 3 is 2.11 bits per heavy atom. The summed E-state index contributed by atoms with van der Waals surface area (Å²) in [4.78, 5) is 15.3. The van der Waals surface area contributed by atoms with Crippen molar-refractivity contribution in [2.75, 3.05) is 0 Å². The van der Waals surface area contributed by atoms with E-state index >= 15 is 0 Å². The maximum atomic E-state index is 5.15. The van der Waals surface area contributed by atoms with Crippen LogP contribution in [0.5, 0.6) is 0 Å². The second-order valence-electron chi connectivity index (χ2n) is 12.6. The highest BCUT2D eigenvalue weighted by Gasteiger charge is 2.34. The minimum Gasteiger partial charge on any atom is -0.208 e. The van der Waals surface area contributed by atoms with Gasteiger partial charge in [0.2, 0.25) is 0 Å². The van der Waals surface area contributed by atoms with E-state index in [0.717, 1.165) is 22.1 Å². The first-order valence-corrected chi connectivity index (χ1v) is 15.7. The third-order valence-electron chi connectivity index (χ3n) is 9.63. The Kier molecular flexibility index (Phi) is 6.51. The van der Waals surface area contributed by atoms with Gasteiger partial charge in [-0.1, -0.05) is 141 Å². The molecule has 0 aliphatic heterocycles. The van der Waals surface area contributed by atoms with Crippen molar-refractivity contribution in [2.24, 2.45) is 0 Å². The molecule has 1 heterocycles. The minimum atomic E-state index is -0.0697. The zero-order chi connectivity index (χ0) is 31.4. The summed E-state index contributed by atoms with van der Waals surface area (Å²) in [5, 5.41) is 7.11. The Morgan fingerprint density at radius 2 is 1.28 bits per heavy atom. The van der Waals surface area contributed by atoms with Gasteiger partial charge in [-0.15, -0.1) is 0 Å². The normalized spacial score (nSPS) is 14.1. The van der Waals surface area contributed by atoms with Gasteiger partial charge in [-0.05, 0) is 74.1 Å². The van der Waals surface area contributed by atoms with Gasteiger partial charge < -0.3 is 0 Å². The first kappa shape index (κ1) is 27.8. The molecule has 0 amide bonds. The van der Waals surface area contributed by atoms with Gasteiger partial charge in [-0.25, -0.2) is 15.0 Å². The Morgan fingerprint density at radius 1 is 0.565 bits per heavy atom. The van der Waals surface area contributed by atoms with Crippen LogP contribution in [0.3, 0.4) is 0 Å². The Balaban J connectivity index is 1.32. The molecule has 1 aliphatic rings. The van der Waals surface area contributed by atoms with Crippen molar-refractivity contribution in [3.63, 3.8) is 0 Å². The van der Waals surface area contributed by atoms with E-state index in [2.05, 4.69) is 130 Å². The number of nitrogens with zero attached hydrogens (tertiary/aromatic N) is 3. The highest BCUT2D eigenvalue weighted by atomic mass is 15.0. The minimum absolute atomic E-state index is 0.0697. The van der Waals surface area contributed by atoms with Crippen molar-refractivity contribution in [3.05, 3.63) is 157 Å². The Hall–Kier alpha value is -5.67. The first-order chi connectivity index (χ1) is 22.4. The average molecular weight is 592 g/mol. The molecule has 0 fully saturated rings. The molecule has 0 radical (unpaired) electrons. The van der Waals surface area contributed by atoms with E-state index in [4.69, 9.17) is 15.0 Å². The van der Waals surface area contributed by atoms with E-state index < -0.39 is 0 Å². The standard InChI is InChI=1S/C43H33N3/c1-5-6-16-33-27(2)43(3,4)39-26-32-24-31(21-20-30(32)25-38(33)39)41-44-40(29-14-8-7-9-15-29)45-42(46-41)37-19-12-18-35-34-17-11-10-13-28(34)22-23-36(35)37/h5-26H,1H2,2-4H3/b16-6-. The molecule has 0 saturated heterocycles. The van der Waals surface area contributed by atoms with Gasteiger partial charge in [0, 0.05) is 22.1 Å². The SMILES string of the molecule is C=C/C=C\C1=C(C)C(C)(C)c2cc3cc(-c4nc(-c5ccccc5)nc(-c5cccc6c5ccc5ccccc56)n4)ccc3cc21. The number of fused-ring (bicyclic) bond motifs is 5. The van der Waals surface area contributed by atoms with Crippen LogP contribution in [-0.4, -0.2) is 15.0 Å². The van der Waals surface area contributed by atoms with E-state index in [-0.39, 0.29) is 5.41 Å². The largest absolute Gasteiger partial charge is 0.208 e. The van der Waals surface area contributed by atoms with Crippen molar-refractivity contribution in [1.82, 2.24) is 15.0 Å². The zero-order valence-electron chi connectivity index (χ0n) is 26.3. The summed E-state index contributed by atoms with van der Waals surface area (Å²) in [7, 11) is 0. The molecular weight excluding hydrogens is 558 g/mol. The van der Waals surface area contributed by atoms with Crippen LogP contribution in [-0.2, 0) is 5.41 Å². The Labute approximate surface area is 269 Å². The second-order valence-corrected chi connectivity index (χ2v) is 12.6. The quantitative estimate of drug-likeness (QED) is 0.148. The van der Waals surface area contributed by atoms with Crippen LogP contribution < -0.4 is 0 Å². The first-order valence-electron chi connectivity index (χ1n) is 15.7. The number of allylic oxidation sites excluding steroid dienone is 5. The number of hydrogen-bond donors (Lipinski definition) is 0. The summed E-state index contributed by atoms with van der Waals surface area (Å²) in [5.74, 6) is 1.98. The van der Waals surface area contributed by atoms with Crippen LogP contribution in [0.25, 0.3) is 72.1 Å². The van der Waals surface area contributed by atoms with Crippen molar-refractivity contribution in [3.8, 4) is 34.2 Å². The molecule has 3 heteroatoms. The third kappa shape index (κ3) is 4.47. The molecule has 6 aromatic carbocycles. The molecule has 0 saturated carbocycles. The van der Waals surface area contributed by atoms with Crippen LogP contribution >= 0.6 is 0 Å². The lowest BCUT2D eigenvalue weighted by Gasteiger charge is -2.22. The van der Waals surface area contributed by atoms with Gasteiger partial charge in [0.25, 0.3) is 0 Å². The molecule has 220 valence electrons. The number of benzene rings is 6. The monoisotopic (exact) mass is 591 g/mol. The highest BCUT2D eigenvalue weighted by Crippen LogP contribution is 2.48. The maximum absolute atomic E-state index is 5.15. The summed E-state index contributed by atoms with van der Waals surface area (Å²) >= 11 is 0. The van der Waals surface area contributed by atoms with Crippen molar-refractivity contribution < 1.29 is 0 Å². The number of aromatic nitrogens is 3. The van der Waals surface area contributed by atoms with E-state index in [1.54, 1.807) is 0 Å². The average Bonchev–Trinajstić information content (AvgIpc) is 3.28. The highest BCUT2D eigenvalue weighted by molar-refractivity contribution is 6.11. The van der Waals surface area contributed by atoms with Crippen molar-refractivity contribution in [2.45, 2.75) is 26.2 Å². The number of rotatable bonds is 5.